The van der Waals surface area contributed by atoms with Crippen molar-refractivity contribution in [2.75, 3.05) is 38.2 Å². The molecule has 0 N–H and O–H groups in total. The van der Waals surface area contributed by atoms with Crippen molar-refractivity contribution in [2.45, 2.75) is 13.5 Å². The fraction of sp³-hybridized carbons (Fsp3) is 0.241. The first-order chi connectivity index (χ1) is 18.8. The van der Waals surface area contributed by atoms with Crippen LogP contribution in [0.4, 0.5) is 15.8 Å². The van der Waals surface area contributed by atoms with Crippen LogP contribution in [0, 0.1) is 22.9 Å². The van der Waals surface area contributed by atoms with E-state index in [4.69, 9.17) is 4.74 Å². The highest BCUT2D eigenvalue weighted by atomic mass is 19.1. The summed E-state index contributed by atoms with van der Waals surface area (Å²) in [5.41, 5.74) is 1.63. The highest BCUT2D eigenvalue weighted by Crippen LogP contribution is 2.35. The SMILES string of the molecule is COc1ccc(C(=O)N2CCN(c3c([N+](=O)[O-])c(=O)n(Cc4ccc(F)cc4)c4ccc(C)cc34)CC2)cc1. The Bertz CT molecular complexity index is 1610. The molecule has 39 heavy (non-hydrogen) atoms. The number of carbonyl (C=O) groups is 1. The van der Waals surface area contributed by atoms with Gasteiger partial charge in [-0.15, -0.1) is 0 Å². The summed E-state index contributed by atoms with van der Waals surface area (Å²) in [6.45, 7) is 3.28. The molecule has 1 saturated heterocycles. The molecule has 0 aliphatic carbocycles. The summed E-state index contributed by atoms with van der Waals surface area (Å²) in [7, 11) is 1.56. The van der Waals surface area contributed by atoms with Gasteiger partial charge in [-0.1, -0.05) is 23.8 Å². The number of fused-ring (bicyclic) bond motifs is 1. The van der Waals surface area contributed by atoms with Gasteiger partial charge in [0.1, 0.15) is 17.3 Å². The number of hydrogen-bond acceptors (Lipinski definition) is 6. The van der Waals surface area contributed by atoms with E-state index >= 15 is 0 Å². The lowest BCUT2D eigenvalue weighted by molar-refractivity contribution is -0.385. The van der Waals surface area contributed by atoms with Gasteiger partial charge in [0.05, 0.1) is 24.1 Å². The first-order valence-corrected chi connectivity index (χ1v) is 12.5. The Morgan fingerprint density at radius 3 is 2.28 bits per heavy atom. The van der Waals surface area contributed by atoms with Crippen LogP contribution in [0.1, 0.15) is 21.5 Å². The maximum atomic E-state index is 13.6. The summed E-state index contributed by atoms with van der Waals surface area (Å²) < 4.78 is 20.0. The van der Waals surface area contributed by atoms with Crippen LogP contribution in [0.3, 0.4) is 0 Å². The highest BCUT2D eigenvalue weighted by molar-refractivity contribution is 5.98. The predicted octanol–water partition coefficient (Wildman–Crippen LogP) is 4.38. The molecule has 9 nitrogen and oxygen atoms in total. The number of aromatic nitrogens is 1. The zero-order chi connectivity index (χ0) is 27.7. The van der Waals surface area contributed by atoms with Crippen LogP contribution in [0.25, 0.3) is 10.9 Å². The molecule has 0 atom stereocenters. The zero-order valence-electron chi connectivity index (χ0n) is 21.6. The van der Waals surface area contributed by atoms with Crippen LogP contribution in [0.2, 0.25) is 0 Å². The van der Waals surface area contributed by atoms with E-state index in [2.05, 4.69) is 0 Å². The lowest BCUT2D eigenvalue weighted by atomic mass is 10.1. The number of rotatable bonds is 6. The minimum Gasteiger partial charge on any atom is -0.497 e. The summed E-state index contributed by atoms with van der Waals surface area (Å²) in [5.74, 6) is 0.111. The molecular weight excluding hydrogens is 503 g/mol. The van der Waals surface area contributed by atoms with Crippen LogP contribution in [0.15, 0.2) is 71.5 Å². The monoisotopic (exact) mass is 530 g/mol. The Morgan fingerprint density at radius 1 is 1.00 bits per heavy atom. The van der Waals surface area contributed by atoms with E-state index in [1.807, 2.05) is 24.0 Å². The molecule has 1 fully saturated rings. The lowest BCUT2D eigenvalue weighted by Gasteiger charge is -2.36. The highest BCUT2D eigenvalue weighted by Gasteiger charge is 2.32. The average molecular weight is 531 g/mol. The van der Waals surface area contributed by atoms with E-state index in [9.17, 15) is 24.1 Å². The molecule has 1 aliphatic heterocycles. The van der Waals surface area contributed by atoms with E-state index in [-0.39, 0.29) is 18.1 Å². The minimum atomic E-state index is -0.729. The molecule has 0 radical (unpaired) electrons. The van der Waals surface area contributed by atoms with Crippen molar-refractivity contribution in [2.24, 2.45) is 0 Å². The van der Waals surface area contributed by atoms with Gasteiger partial charge < -0.3 is 14.5 Å². The molecule has 1 amide bonds. The molecule has 5 rings (SSSR count). The zero-order valence-corrected chi connectivity index (χ0v) is 21.6. The number of hydrogen-bond donors (Lipinski definition) is 0. The smallest absolute Gasteiger partial charge is 0.357 e. The van der Waals surface area contributed by atoms with E-state index in [0.717, 1.165) is 5.56 Å². The van der Waals surface area contributed by atoms with Gasteiger partial charge in [0.15, 0.2) is 0 Å². The van der Waals surface area contributed by atoms with Gasteiger partial charge in [-0.25, -0.2) is 4.39 Å². The van der Waals surface area contributed by atoms with Gasteiger partial charge in [-0.3, -0.25) is 24.3 Å². The second-order valence-corrected chi connectivity index (χ2v) is 9.50. The third kappa shape index (κ3) is 5.05. The molecule has 0 saturated carbocycles. The van der Waals surface area contributed by atoms with Crippen molar-refractivity contribution < 1.29 is 18.8 Å². The van der Waals surface area contributed by atoms with Gasteiger partial charge in [0.2, 0.25) is 0 Å². The van der Waals surface area contributed by atoms with E-state index in [1.165, 1.54) is 16.7 Å². The fourth-order valence-corrected chi connectivity index (χ4v) is 5.00. The Balaban J connectivity index is 1.51. The normalized spacial score (nSPS) is 13.5. The second-order valence-electron chi connectivity index (χ2n) is 9.50. The number of aryl methyl sites for hydroxylation is 1. The summed E-state index contributed by atoms with van der Waals surface area (Å²) in [5, 5.41) is 12.9. The minimum absolute atomic E-state index is 0.0595. The molecule has 1 aromatic heterocycles. The number of carbonyl (C=O) groups excluding carboxylic acids is 1. The molecule has 0 bridgehead atoms. The Labute approximate surface area is 223 Å². The molecule has 1 aliphatic rings. The molecule has 0 unspecified atom stereocenters. The number of methoxy groups -OCH3 is 1. The molecule has 3 aromatic carbocycles. The Hall–Kier alpha value is -4.73. The van der Waals surface area contributed by atoms with Gasteiger partial charge >= 0.3 is 11.2 Å². The summed E-state index contributed by atoms with van der Waals surface area (Å²) in [4.78, 5) is 41.9. The van der Waals surface area contributed by atoms with Crippen molar-refractivity contribution in [3.05, 3.63) is 110 Å². The molecule has 0 spiro atoms. The van der Waals surface area contributed by atoms with Gasteiger partial charge in [0, 0.05) is 37.1 Å². The van der Waals surface area contributed by atoms with Crippen molar-refractivity contribution in [3.63, 3.8) is 0 Å². The van der Waals surface area contributed by atoms with Crippen molar-refractivity contribution >= 4 is 28.2 Å². The van der Waals surface area contributed by atoms with Crippen LogP contribution < -0.4 is 15.2 Å². The average Bonchev–Trinajstić information content (AvgIpc) is 2.95. The molecular formula is C29H27FN4O5. The fourth-order valence-electron chi connectivity index (χ4n) is 5.00. The maximum absolute atomic E-state index is 13.6. The van der Waals surface area contributed by atoms with E-state index < -0.39 is 22.0 Å². The van der Waals surface area contributed by atoms with Crippen molar-refractivity contribution in [1.29, 1.82) is 0 Å². The van der Waals surface area contributed by atoms with Gasteiger partial charge in [-0.05, 0) is 61.0 Å². The summed E-state index contributed by atoms with van der Waals surface area (Å²) in [6.07, 6.45) is 0. The number of benzene rings is 3. The standard InChI is InChI=1S/C29H27FN4O5/c1-19-3-12-25-24(17-19)26(27(34(37)38)29(36)33(25)18-20-4-8-22(30)9-5-20)31-13-15-32(16-14-31)28(35)21-6-10-23(39-2)11-7-21/h3-12,17H,13-16,18H2,1-2H3. The molecule has 200 valence electrons. The maximum Gasteiger partial charge on any atom is 0.357 e. The number of piperazine rings is 1. The summed E-state index contributed by atoms with van der Waals surface area (Å²) in [6, 6.07) is 18.0. The van der Waals surface area contributed by atoms with Gasteiger partial charge in [-0.2, -0.15) is 0 Å². The Morgan fingerprint density at radius 2 is 1.67 bits per heavy atom. The number of nitro groups is 1. The Kier molecular flexibility index (Phi) is 7.02. The third-order valence-electron chi connectivity index (χ3n) is 7.03. The number of ether oxygens (including phenoxy) is 1. The number of anilines is 1. The largest absolute Gasteiger partial charge is 0.497 e. The van der Waals surface area contributed by atoms with Crippen LogP contribution >= 0.6 is 0 Å². The van der Waals surface area contributed by atoms with Crippen LogP contribution in [-0.2, 0) is 6.54 Å². The van der Waals surface area contributed by atoms with E-state index in [0.29, 0.717) is 54.0 Å². The molecule has 4 aromatic rings. The van der Waals surface area contributed by atoms with Crippen LogP contribution in [-0.4, -0.2) is 53.6 Å². The predicted molar refractivity (Wildman–Crippen MR) is 146 cm³/mol. The number of amides is 1. The first-order valence-electron chi connectivity index (χ1n) is 12.5. The second kappa shape index (κ2) is 10.6. The number of nitrogens with zero attached hydrogens (tertiary/aromatic N) is 4. The van der Waals surface area contributed by atoms with Crippen molar-refractivity contribution in [1.82, 2.24) is 9.47 Å². The lowest BCUT2D eigenvalue weighted by Crippen LogP contribution is -2.49. The van der Waals surface area contributed by atoms with Gasteiger partial charge in [0.25, 0.3) is 5.91 Å². The molecule has 10 heteroatoms. The quantitative estimate of drug-likeness (QED) is 0.271. The topological polar surface area (TPSA) is 97.9 Å². The molecule has 2 heterocycles. The number of pyridine rings is 1. The number of halogens is 1. The first kappa shape index (κ1) is 25.9. The third-order valence-corrected chi connectivity index (χ3v) is 7.03. The van der Waals surface area contributed by atoms with Crippen LogP contribution in [0.5, 0.6) is 5.75 Å². The van der Waals surface area contributed by atoms with Crippen molar-refractivity contribution in [3.8, 4) is 5.75 Å². The van der Waals surface area contributed by atoms with E-state index in [1.54, 1.807) is 54.5 Å². The summed E-state index contributed by atoms with van der Waals surface area (Å²) >= 11 is 0.